The predicted octanol–water partition coefficient (Wildman–Crippen LogP) is 9.49. The van der Waals surface area contributed by atoms with Crippen molar-refractivity contribution in [2.75, 3.05) is 0 Å². The van der Waals surface area contributed by atoms with Gasteiger partial charge in [0.15, 0.2) is 0 Å². The first kappa shape index (κ1) is 37.7. The number of benzene rings is 10. The summed E-state index contributed by atoms with van der Waals surface area (Å²) in [6.45, 7) is 0. The molecule has 0 saturated carbocycles. The molecule has 0 N–H and O–H groups in total. The second-order valence-electron chi connectivity index (χ2n) is 16.1. The van der Waals surface area contributed by atoms with Crippen molar-refractivity contribution in [2.45, 2.75) is 0 Å². The third-order valence-corrected chi connectivity index (χ3v) is 13.8. The van der Waals surface area contributed by atoms with Crippen molar-refractivity contribution in [3.8, 4) is 50.5 Å². The summed E-state index contributed by atoms with van der Waals surface area (Å²) in [5, 5.41) is 9.21. The Morgan fingerprint density at radius 3 is 1.79 bits per heavy atom. The lowest BCUT2D eigenvalue weighted by atomic mass is 9.59. The monoisotopic (exact) mass is 804 g/mol. The van der Waals surface area contributed by atoms with Crippen LogP contribution in [0.5, 0.6) is 0 Å². The smallest absolute Gasteiger partial charge is 0.145 e. The molecule has 12 rings (SSSR count). The molecule has 10 aromatic carbocycles. The quantitative estimate of drug-likeness (QED) is 0.125. The molecule has 0 bridgehead atoms. The molecule has 8 heteroatoms. The predicted molar refractivity (Wildman–Crippen MR) is 275 cm³/mol. The zero-order chi connectivity index (χ0) is 42.5. The van der Waals surface area contributed by atoms with Crippen molar-refractivity contribution in [1.29, 1.82) is 0 Å². The maximum atomic E-state index is 6.73. The summed E-state index contributed by atoms with van der Waals surface area (Å²) in [5.74, 6) is 0.876. The molecule has 2 nitrogen and oxygen atoms in total. The van der Waals surface area contributed by atoms with Gasteiger partial charge >= 0.3 is 0 Å². The van der Waals surface area contributed by atoms with Gasteiger partial charge in [0.2, 0.25) is 0 Å². The number of nitrogens with zero attached hydrogens (tertiary/aromatic N) is 2. The van der Waals surface area contributed by atoms with E-state index >= 15 is 0 Å². The maximum Gasteiger partial charge on any atom is 0.145 e. The van der Waals surface area contributed by atoms with Crippen LogP contribution in [0.4, 0.5) is 0 Å². The van der Waals surface area contributed by atoms with Crippen molar-refractivity contribution >= 4 is 141 Å². The Kier molecular flexibility index (Phi) is 8.71. The van der Waals surface area contributed by atoms with Gasteiger partial charge in [-0.1, -0.05) is 144 Å². The van der Waals surface area contributed by atoms with Crippen molar-refractivity contribution in [3.63, 3.8) is 0 Å². The zero-order valence-corrected chi connectivity index (χ0v) is 34.7. The van der Waals surface area contributed by atoms with Gasteiger partial charge in [0.1, 0.15) is 45.1 Å². The first-order valence-corrected chi connectivity index (χ1v) is 21.6. The van der Waals surface area contributed by atoms with Gasteiger partial charge in [-0.05, 0) is 108 Å². The molecular weight excluding hydrogens is 775 g/mol. The lowest BCUT2D eigenvalue weighted by molar-refractivity contribution is 1.11. The van der Waals surface area contributed by atoms with E-state index in [4.69, 9.17) is 44.2 Å². The molecule has 0 amide bonds. The SMILES string of the molecule is [B]c1c([B])c([B])c(-c2ccc3c(-c4ccc(-c5nc6ccccc6n5-c5ccc6ccccc6c5)cc4)c4ccccc4c(-c4cccc5sc6ccccc6c45)c3c2)c([B])c1[B]. The fourth-order valence-electron chi connectivity index (χ4n) is 9.66. The Morgan fingerprint density at radius 1 is 0.397 bits per heavy atom. The molecule has 280 valence electrons. The Labute approximate surface area is 375 Å². The van der Waals surface area contributed by atoms with Gasteiger partial charge in [0.05, 0.1) is 11.0 Å². The molecule has 0 spiro atoms. The lowest BCUT2D eigenvalue weighted by Crippen LogP contribution is -2.55. The Bertz CT molecular complexity index is 3840. The largest absolute Gasteiger partial charge is 0.292 e. The summed E-state index contributed by atoms with van der Waals surface area (Å²) in [6, 6.07) is 62.6. The molecule has 0 atom stereocenters. The minimum absolute atomic E-state index is 0.191. The van der Waals surface area contributed by atoms with Crippen LogP contribution in [0.15, 0.2) is 176 Å². The minimum Gasteiger partial charge on any atom is -0.292 e. The summed E-state index contributed by atoms with van der Waals surface area (Å²) in [7, 11) is 32.6. The Morgan fingerprint density at radius 2 is 1.00 bits per heavy atom. The van der Waals surface area contributed by atoms with Crippen LogP contribution in [0.3, 0.4) is 0 Å². The molecule has 2 aromatic heterocycles. The van der Waals surface area contributed by atoms with Crippen LogP contribution in [0.2, 0.25) is 0 Å². The van der Waals surface area contributed by atoms with Crippen LogP contribution >= 0.6 is 11.3 Å². The molecule has 0 fully saturated rings. The average molecular weight is 804 g/mol. The molecule has 63 heavy (non-hydrogen) atoms. The number of rotatable bonds is 5. The van der Waals surface area contributed by atoms with E-state index in [0.717, 1.165) is 77.5 Å². The van der Waals surface area contributed by atoms with Crippen molar-refractivity contribution in [2.24, 2.45) is 0 Å². The standard InChI is InChI=1S/C55H29B5N2S/c56-50-47(51(57)53(59)54(60)52(50)58)34-25-27-38-41(29-34)48(40-15-9-19-45-49(40)39-14-5-8-18-44(39)63-45)37-13-4-3-12-36(37)46(38)31-20-22-32(23-21-31)55-61-42-16-6-7-17-43(42)62(55)35-26-24-30-10-1-2-11-33(30)28-35/h1-29H. The Hall–Kier alpha value is -7.01. The molecular formula is C55H29B5N2S. The van der Waals surface area contributed by atoms with Gasteiger partial charge < -0.3 is 0 Å². The van der Waals surface area contributed by atoms with E-state index in [2.05, 4.69) is 174 Å². The highest BCUT2D eigenvalue weighted by Crippen LogP contribution is 2.48. The molecule has 12 aromatic rings. The van der Waals surface area contributed by atoms with E-state index in [0.29, 0.717) is 16.5 Å². The third-order valence-electron chi connectivity index (χ3n) is 12.7. The highest BCUT2D eigenvalue weighted by atomic mass is 32.1. The molecule has 0 saturated heterocycles. The van der Waals surface area contributed by atoms with Crippen molar-refractivity contribution in [1.82, 2.24) is 9.55 Å². The van der Waals surface area contributed by atoms with Gasteiger partial charge in [-0.25, -0.2) is 4.98 Å². The number of thiophene rings is 1. The molecule has 10 radical (unpaired) electrons. The van der Waals surface area contributed by atoms with E-state index in [1.165, 1.54) is 30.9 Å². The second-order valence-corrected chi connectivity index (χ2v) is 17.2. The topological polar surface area (TPSA) is 17.8 Å². The normalized spacial score (nSPS) is 11.8. The number of fused-ring (bicyclic) bond motifs is 7. The molecule has 0 aliphatic heterocycles. The Balaban J connectivity index is 1.12. The van der Waals surface area contributed by atoms with Gasteiger partial charge in [-0.2, -0.15) is 0 Å². The summed E-state index contributed by atoms with van der Waals surface area (Å²) >= 11 is 1.81. The third kappa shape index (κ3) is 5.81. The second kappa shape index (κ2) is 14.5. The summed E-state index contributed by atoms with van der Waals surface area (Å²) in [6.07, 6.45) is 0. The van der Waals surface area contributed by atoms with Gasteiger partial charge in [-0.3, -0.25) is 4.57 Å². The number of imidazole rings is 1. The fourth-order valence-corrected chi connectivity index (χ4v) is 10.8. The average Bonchev–Trinajstić information content (AvgIpc) is 3.91. The van der Waals surface area contributed by atoms with E-state index in [1.54, 1.807) is 0 Å². The van der Waals surface area contributed by atoms with Crippen LogP contribution in [0, 0.1) is 0 Å². The number of aromatic nitrogens is 2. The summed E-state index contributed by atoms with van der Waals surface area (Å²) in [5.41, 5.74) is 11.1. The van der Waals surface area contributed by atoms with Crippen LogP contribution in [0.25, 0.3) is 114 Å². The zero-order valence-electron chi connectivity index (χ0n) is 33.9. The fraction of sp³-hybridized carbons (Fsp3) is 0. The first-order chi connectivity index (χ1) is 30.8. The van der Waals surface area contributed by atoms with Crippen molar-refractivity contribution in [3.05, 3.63) is 176 Å². The summed E-state index contributed by atoms with van der Waals surface area (Å²) in [4.78, 5) is 5.22. The maximum absolute atomic E-state index is 6.73. The molecule has 0 unspecified atom stereocenters. The van der Waals surface area contributed by atoms with Crippen molar-refractivity contribution < 1.29 is 0 Å². The van der Waals surface area contributed by atoms with E-state index in [-0.39, 0.29) is 16.4 Å². The molecule has 0 aliphatic rings. The first-order valence-electron chi connectivity index (χ1n) is 20.8. The van der Waals surface area contributed by atoms with Gasteiger partial charge in [0, 0.05) is 31.4 Å². The highest BCUT2D eigenvalue weighted by Gasteiger charge is 2.22. The minimum atomic E-state index is 0.191. The van der Waals surface area contributed by atoms with E-state index in [1.807, 2.05) is 17.4 Å². The van der Waals surface area contributed by atoms with E-state index in [9.17, 15) is 0 Å². The van der Waals surface area contributed by atoms with Crippen LogP contribution < -0.4 is 27.3 Å². The van der Waals surface area contributed by atoms with Crippen LogP contribution in [0.1, 0.15) is 0 Å². The highest BCUT2D eigenvalue weighted by molar-refractivity contribution is 7.26. The van der Waals surface area contributed by atoms with E-state index < -0.39 is 0 Å². The number of para-hydroxylation sites is 2. The van der Waals surface area contributed by atoms with Gasteiger partial charge in [0.25, 0.3) is 0 Å². The van der Waals surface area contributed by atoms with Crippen LogP contribution in [-0.2, 0) is 0 Å². The summed E-state index contributed by atoms with van der Waals surface area (Å²) < 4.78 is 4.73. The molecule has 0 aliphatic carbocycles. The van der Waals surface area contributed by atoms with Crippen LogP contribution in [-0.4, -0.2) is 48.8 Å². The van der Waals surface area contributed by atoms with Gasteiger partial charge in [-0.15, -0.1) is 27.7 Å². The lowest BCUT2D eigenvalue weighted by Gasteiger charge is -2.23. The molecule has 2 heterocycles. The number of hydrogen-bond donors (Lipinski definition) is 0. The number of hydrogen-bond acceptors (Lipinski definition) is 2.